The third kappa shape index (κ3) is 3.80. The summed E-state index contributed by atoms with van der Waals surface area (Å²) in [5.74, 6) is 0.975. The molecule has 0 unspecified atom stereocenters. The third-order valence-corrected chi connectivity index (χ3v) is 5.35. The van der Waals surface area contributed by atoms with E-state index in [1.807, 2.05) is 0 Å². The van der Waals surface area contributed by atoms with Crippen molar-refractivity contribution in [1.82, 2.24) is 4.90 Å². The molecule has 1 saturated heterocycles. The van der Waals surface area contributed by atoms with E-state index in [0.29, 0.717) is 0 Å². The molecule has 2 aromatic carbocycles. The van der Waals surface area contributed by atoms with Crippen LogP contribution in [0.3, 0.4) is 0 Å². The number of hydrogen-bond acceptors (Lipinski definition) is 2. The molecule has 0 aromatic heterocycles. The number of likely N-dealkylation sites (tertiary alicyclic amines) is 1. The first kappa shape index (κ1) is 16.4. The van der Waals surface area contributed by atoms with Crippen LogP contribution in [0.4, 0.5) is 0 Å². The molecule has 0 N–H and O–H groups in total. The van der Waals surface area contributed by atoms with Crippen molar-refractivity contribution in [3.63, 3.8) is 0 Å². The van der Waals surface area contributed by atoms with E-state index < -0.39 is 0 Å². The van der Waals surface area contributed by atoms with Crippen LogP contribution < -0.4 is 4.74 Å². The zero-order chi connectivity index (χ0) is 17.1. The van der Waals surface area contributed by atoms with Crippen molar-refractivity contribution in [3.8, 4) is 5.75 Å². The lowest BCUT2D eigenvalue weighted by atomic mass is 9.86. The van der Waals surface area contributed by atoms with E-state index >= 15 is 0 Å². The van der Waals surface area contributed by atoms with Crippen LogP contribution in [-0.2, 0) is 6.42 Å². The maximum absolute atomic E-state index is 5.93. The van der Waals surface area contributed by atoms with E-state index in [4.69, 9.17) is 4.74 Å². The van der Waals surface area contributed by atoms with Gasteiger partial charge in [0.15, 0.2) is 0 Å². The molecule has 2 aromatic rings. The number of fused-ring (bicyclic) bond motifs is 1. The quantitative estimate of drug-likeness (QED) is 0.776. The number of ether oxygens (including phenoxy) is 1. The SMILES string of the molecule is Cc1ccc2c(c1)CCC=C2c1ccc(OCCN2CCCC2)cc1. The number of hydrogen-bond donors (Lipinski definition) is 0. The van der Waals surface area contributed by atoms with Crippen LogP contribution >= 0.6 is 0 Å². The van der Waals surface area contributed by atoms with Crippen molar-refractivity contribution in [2.45, 2.75) is 32.6 Å². The monoisotopic (exact) mass is 333 g/mol. The average molecular weight is 333 g/mol. The first-order chi connectivity index (χ1) is 12.3. The fraction of sp³-hybridized carbons (Fsp3) is 0.391. The molecule has 0 radical (unpaired) electrons. The summed E-state index contributed by atoms with van der Waals surface area (Å²) in [5.41, 5.74) is 6.87. The average Bonchev–Trinajstić information content (AvgIpc) is 3.15. The van der Waals surface area contributed by atoms with Crippen LogP contribution in [0.5, 0.6) is 5.75 Å². The van der Waals surface area contributed by atoms with E-state index in [1.165, 1.54) is 53.8 Å². The Bertz CT molecular complexity index is 754. The zero-order valence-electron chi connectivity index (χ0n) is 15.1. The predicted molar refractivity (Wildman–Crippen MR) is 104 cm³/mol. The van der Waals surface area contributed by atoms with E-state index in [-0.39, 0.29) is 0 Å². The molecule has 0 spiro atoms. The first-order valence-corrected chi connectivity index (χ1v) is 9.55. The Morgan fingerprint density at radius 3 is 2.60 bits per heavy atom. The molecule has 25 heavy (non-hydrogen) atoms. The maximum atomic E-state index is 5.93. The molecular weight excluding hydrogens is 306 g/mol. The van der Waals surface area contributed by atoms with Gasteiger partial charge in [0.25, 0.3) is 0 Å². The lowest BCUT2D eigenvalue weighted by Gasteiger charge is -2.19. The molecule has 1 fully saturated rings. The van der Waals surface area contributed by atoms with Gasteiger partial charge in [0.05, 0.1) is 0 Å². The summed E-state index contributed by atoms with van der Waals surface area (Å²) in [6.07, 6.45) is 7.33. The molecule has 1 aliphatic heterocycles. The van der Waals surface area contributed by atoms with Crippen molar-refractivity contribution in [1.29, 1.82) is 0 Å². The topological polar surface area (TPSA) is 12.5 Å². The normalized spacial score (nSPS) is 17.2. The summed E-state index contributed by atoms with van der Waals surface area (Å²) in [7, 11) is 0. The summed E-state index contributed by atoms with van der Waals surface area (Å²) in [5, 5.41) is 0. The van der Waals surface area contributed by atoms with Crippen LogP contribution in [0.1, 0.15) is 41.5 Å². The lowest BCUT2D eigenvalue weighted by molar-refractivity contribution is 0.238. The highest BCUT2D eigenvalue weighted by atomic mass is 16.5. The van der Waals surface area contributed by atoms with Crippen LogP contribution in [0.2, 0.25) is 0 Å². The van der Waals surface area contributed by atoms with Gasteiger partial charge in [-0.25, -0.2) is 0 Å². The third-order valence-electron chi connectivity index (χ3n) is 5.35. The molecular formula is C23H27NO. The van der Waals surface area contributed by atoms with Crippen LogP contribution in [0.15, 0.2) is 48.5 Å². The van der Waals surface area contributed by atoms with Gasteiger partial charge >= 0.3 is 0 Å². The minimum absolute atomic E-state index is 0.782. The van der Waals surface area contributed by atoms with Crippen molar-refractivity contribution in [2.24, 2.45) is 0 Å². The Morgan fingerprint density at radius 1 is 1.00 bits per heavy atom. The van der Waals surface area contributed by atoms with Crippen LogP contribution in [0.25, 0.3) is 5.57 Å². The minimum atomic E-state index is 0.782. The first-order valence-electron chi connectivity index (χ1n) is 9.55. The minimum Gasteiger partial charge on any atom is -0.492 e. The van der Waals surface area contributed by atoms with Gasteiger partial charge in [0, 0.05) is 6.54 Å². The van der Waals surface area contributed by atoms with Crippen molar-refractivity contribution < 1.29 is 4.74 Å². The summed E-state index contributed by atoms with van der Waals surface area (Å²) in [4.78, 5) is 2.49. The summed E-state index contributed by atoms with van der Waals surface area (Å²) in [6.45, 7) is 6.46. The van der Waals surface area contributed by atoms with Gasteiger partial charge in [-0.1, -0.05) is 42.0 Å². The molecule has 0 amide bonds. The van der Waals surface area contributed by atoms with Gasteiger partial charge in [-0.15, -0.1) is 0 Å². The lowest BCUT2D eigenvalue weighted by Crippen LogP contribution is -2.25. The Morgan fingerprint density at radius 2 is 1.80 bits per heavy atom. The van der Waals surface area contributed by atoms with Gasteiger partial charge in [0.2, 0.25) is 0 Å². The summed E-state index contributed by atoms with van der Waals surface area (Å²) in [6, 6.07) is 15.4. The van der Waals surface area contributed by atoms with Crippen molar-refractivity contribution >= 4 is 5.57 Å². The fourth-order valence-corrected chi connectivity index (χ4v) is 3.98. The van der Waals surface area contributed by atoms with E-state index in [1.54, 1.807) is 0 Å². The molecule has 2 aliphatic rings. The van der Waals surface area contributed by atoms with Gasteiger partial charge in [-0.3, -0.25) is 4.90 Å². The predicted octanol–water partition coefficient (Wildman–Crippen LogP) is 4.85. The highest BCUT2D eigenvalue weighted by Gasteiger charge is 2.14. The van der Waals surface area contributed by atoms with Crippen LogP contribution in [0, 0.1) is 6.92 Å². The molecule has 1 aliphatic carbocycles. The van der Waals surface area contributed by atoms with Gasteiger partial charge in [-0.2, -0.15) is 0 Å². The Hall–Kier alpha value is -2.06. The highest BCUT2D eigenvalue weighted by molar-refractivity contribution is 5.82. The van der Waals surface area contributed by atoms with Gasteiger partial charge in [-0.05, 0) is 80.1 Å². The molecule has 1 heterocycles. The molecule has 0 bridgehead atoms. The summed E-state index contributed by atoms with van der Waals surface area (Å²) < 4.78 is 5.93. The van der Waals surface area contributed by atoms with E-state index in [9.17, 15) is 0 Å². The van der Waals surface area contributed by atoms with Crippen molar-refractivity contribution in [2.75, 3.05) is 26.2 Å². The smallest absolute Gasteiger partial charge is 0.119 e. The second-order valence-electron chi connectivity index (χ2n) is 7.24. The van der Waals surface area contributed by atoms with Crippen LogP contribution in [-0.4, -0.2) is 31.1 Å². The number of allylic oxidation sites excluding steroid dienone is 1. The largest absolute Gasteiger partial charge is 0.492 e. The van der Waals surface area contributed by atoms with E-state index in [2.05, 4.69) is 60.4 Å². The molecule has 0 saturated carbocycles. The Labute approximate surface area is 151 Å². The Kier molecular flexibility index (Phi) is 4.89. The number of rotatable bonds is 5. The highest BCUT2D eigenvalue weighted by Crippen LogP contribution is 2.32. The second-order valence-corrected chi connectivity index (χ2v) is 7.24. The van der Waals surface area contributed by atoms with E-state index in [0.717, 1.165) is 31.7 Å². The maximum Gasteiger partial charge on any atom is 0.119 e. The number of nitrogens with zero attached hydrogens (tertiary/aromatic N) is 1. The molecule has 4 rings (SSSR count). The number of aryl methyl sites for hydroxylation is 2. The molecule has 130 valence electrons. The van der Waals surface area contributed by atoms with Crippen molar-refractivity contribution in [3.05, 3.63) is 70.8 Å². The number of benzene rings is 2. The fourth-order valence-electron chi connectivity index (χ4n) is 3.98. The molecule has 0 atom stereocenters. The molecule has 2 nitrogen and oxygen atoms in total. The zero-order valence-corrected chi connectivity index (χ0v) is 15.1. The second kappa shape index (κ2) is 7.45. The summed E-state index contributed by atoms with van der Waals surface area (Å²) >= 11 is 0. The Balaban J connectivity index is 1.43. The standard InChI is InChI=1S/C23H27NO/c1-18-7-12-23-20(17-18)5-4-6-22(23)19-8-10-21(11-9-19)25-16-15-24-13-2-3-14-24/h6-12,17H,2-5,13-16H2,1H3. The van der Waals surface area contributed by atoms with Gasteiger partial charge in [0.1, 0.15) is 12.4 Å². The van der Waals surface area contributed by atoms with Gasteiger partial charge < -0.3 is 4.74 Å². The molecule has 2 heteroatoms.